The quantitative estimate of drug-likeness (QED) is 0.370. The summed E-state index contributed by atoms with van der Waals surface area (Å²) in [7, 11) is 0. The van der Waals surface area contributed by atoms with E-state index in [1.54, 1.807) is 11.8 Å². The van der Waals surface area contributed by atoms with Crippen molar-refractivity contribution in [2.75, 3.05) is 13.2 Å². The molecule has 0 amide bonds. The Morgan fingerprint density at radius 3 is 2.30 bits per heavy atom. The Morgan fingerprint density at radius 2 is 1.57 bits per heavy atom. The molecule has 4 N–H and O–H groups in total. The molecule has 0 spiro atoms. The highest BCUT2D eigenvalue weighted by Crippen LogP contribution is 2.39. The molecular formula is C25H27NO3S. The lowest BCUT2D eigenvalue weighted by atomic mass is 9.92. The van der Waals surface area contributed by atoms with Gasteiger partial charge < -0.3 is 20.7 Å². The molecule has 0 saturated heterocycles. The predicted molar refractivity (Wildman–Crippen MR) is 121 cm³/mol. The van der Waals surface area contributed by atoms with Gasteiger partial charge in [-0.05, 0) is 53.3 Å². The number of fused-ring (bicyclic) bond motifs is 2. The fourth-order valence-electron chi connectivity index (χ4n) is 3.53. The summed E-state index contributed by atoms with van der Waals surface area (Å²) in [5.74, 6) is 2.72. The monoisotopic (exact) mass is 421 g/mol. The Morgan fingerprint density at radius 1 is 0.867 bits per heavy atom. The van der Waals surface area contributed by atoms with Crippen molar-refractivity contribution in [3.05, 3.63) is 89.0 Å². The largest absolute Gasteiger partial charge is 0.457 e. The highest BCUT2D eigenvalue weighted by atomic mass is 32.2. The van der Waals surface area contributed by atoms with Crippen LogP contribution in [0.5, 0.6) is 11.5 Å². The molecule has 3 aromatic rings. The summed E-state index contributed by atoms with van der Waals surface area (Å²) in [6.07, 6.45) is 2.03. The molecule has 1 heterocycles. The summed E-state index contributed by atoms with van der Waals surface area (Å²) < 4.78 is 6.25. The molecule has 1 aliphatic heterocycles. The maximum Gasteiger partial charge on any atom is 0.132 e. The van der Waals surface area contributed by atoms with Gasteiger partial charge in [0.1, 0.15) is 11.5 Å². The number of hydrogen-bond donors (Lipinski definition) is 3. The molecule has 0 unspecified atom stereocenters. The molecule has 0 atom stereocenters. The van der Waals surface area contributed by atoms with Crippen LogP contribution in [0.25, 0.3) is 0 Å². The van der Waals surface area contributed by atoms with Gasteiger partial charge in [-0.15, -0.1) is 11.8 Å². The number of ether oxygens (including phenoxy) is 1. The lowest BCUT2D eigenvalue weighted by molar-refractivity contribution is 0.115. The summed E-state index contributed by atoms with van der Waals surface area (Å²) in [5.41, 5.74) is 9.80. The summed E-state index contributed by atoms with van der Waals surface area (Å²) in [6.45, 7) is -0.469. The van der Waals surface area contributed by atoms with Gasteiger partial charge in [-0.2, -0.15) is 0 Å². The molecule has 30 heavy (non-hydrogen) atoms. The molecule has 156 valence electrons. The zero-order valence-electron chi connectivity index (χ0n) is 16.9. The third-order valence-electron chi connectivity index (χ3n) is 5.56. The van der Waals surface area contributed by atoms with Gasteiger partial charge >= 0.3 is 0 Å². The summed E-state index contributed by atoms with van der Waals surface area (Å²) in [4.78, 5) is 1.19. The fraction of sp³-hybridized carbons (Fsp3) is 0.280. The van der Waals surface area contributed by atoms with E-state index in [0.29, 0.717) is 12.8 Å². The number of nitrogens with two attached hydrogens (primary N) is 1. The number of aryl methyl sites for hydroxylation is 1. The minimum atomic E-state index is -0.950. The molecular weight excluding hydrogens is 394 g/mol. The second-order valence-electron chi connectivity index (χ2n) is 7.94. The van der Waals surface area contributed by atoms with Crippen LogP contribution in [0.15, 0.2) is 71.6 Å². The van der Waals surface area contributed by atoms with Gasteiger partial charge in [-0.25, -0.2) is 0 Å². The molecule has 0 radical (unpaired) electrons. The zero-order chi connectivity index (χ0) is 21.0. The summed E-state index contributed by atoms with van der Waals surface area (Å²) in [6, 6.07) is 23.1. The third kappa shape index (κ3) is 4.87. The van der Waals surface area contributed by atoms with Gasteiger partial charge in [0.2, 0.25) is 0 Å². The molecule has 1 aliphatic rings. The van der Waals surface area contributed by atoms with Crippen LogP contribution in [-0.4, -0.2) is 29.0 Å². The summed E-state index contributed by atoms with van der Waals surface area (Å²) in [5, 5.41) is 18.8. The van der Waals surface area contributed by atoms with Crippen LogP contribution in [0.2, 0.25) is 0 Å². The predicted octanol–water partition coefficient (Wildman–Crippen LogP) is 4.29. The Balaban J connectivity index is 1.45. The number of benzene rings is 3. The number of aliphatic hydroxyl groups excluding tert-OH is 2. The lowest BCUT2D eigenvalue weighted by Gasteiger charge is -2.25. The Kier molecular flexibility index (Phi) is 6.44. The number of thioether (sulfide) groups is 1. The third-order valence-corrected chi connectivity index (χ3v) is 6.63. The SMILES string of the molecule is NC(CO)(CO)CCc1ccc2c(c1)Oc1cc(SCc3ccccc3)ccc1C2. The number of aliphatic hydroxyl groups is 2. The number of rotatable bonds is 8. The van der Waals surface area contributed by atoms with E-state index in [9.17, 15) is 10.2 Å². The normalized spacial score (nSPS) is 12.8. The molecule has 4 rings (SSSR count). The van der Waals surface area contributed by atoms with Crippen LogP contribution in [0.3, 0.4) is 0 Å². The van der Waals surface area contributed by atoms with Crippen LogP contribution in [0.1, 0.15) is 28.7 Å². The van der Waals surface area contributed by atoms with Gasteiger partial charge in [0.25, 0.3) is 0 Å². The fourth-order valence-corrected chi connectivity index (χ4v) is 4.41. The van der Waals surface area contributed by atoms with Crippen molar-refractivity contribution in [3.63, 3.8) is 0 Å². The van der Waals surface area contributed by atoms with Crippen molar-refractivity contribution in [2.45, 2.75) is 35.4 Å². The topological polar surface area (TPSA) is 75.7 Å². The van der Waals surface area contributed by atoms with Crippen molar-refractivity contribution in [2.24, 2.45) is 5.73 Å². The van der Waals surface area contributed by atoms with Gasteiger partial charge in [0, 0.05) is 17.1 Å². The Bertz CT molecular complexity index is 1000. The van der Waals surface area contributed by atoms with Gasteiger partial charge in [-0.1, -0.05) is 48.5 Å². The van der Waals surface area contributed by atoms with E-state index in [4.69, 9.17) is 10.5 Å². The second kappa shape index (κ2) is 9.23. The maximum atomic E-state index is 9.40. The second-order valence-corrected chi connectivity index (χ2v) is 8.99. The van der Waals surface area contributed by atoms with Crippen LogP contribution in [0.4, 0.5) is 0 Å². The number of hydrogen-bond acceptors (Lipinski definition) is 5. The van der Waals surface area contributed by atoms with Crippen molar-refractivity contribution < 1.29 is 14.9 Å². The molecule has 0 bridgehead atoms. The first-order valence-corrected chi connectivity index (χ1v) is 11.2. The van der Waals surface area contributed by atoms with Crippen LogP contribution >= 0.6 is 11.8 Å². The first kappa shape index (κ1) is 20.9. The molecule has 5 heteroatoms. The zero-order valence-corrected chi connectivity index (χ0v) is 17.7. The van der Waals surface area contributed by atoms with Crippen molar-refractivity contribution in [3.8, 4) is 11.5 Å². The Hall–Kier alpha value is -2.31. The molecule has 4 nitrogen and oxygen atoms in total. The molecule has 3 aromatic carbocycles. The van der Waals surface area contributed by atoms with E-state index >= 15 is 0 Å². The minimum Gasteiger partial charge on any atom is -0.457 e. The average molecular weight is 422 g/mol. The molecule has 0 fully saturated rings. The van der Waals surface area contributed by atoms with Crippen LogP contribution in [0, 0.1) is 0 Å². The van der Waals surface area contributed by atoms with E-state index in [1.165, 1.54) is 21.6 Å². The summed E-state index contributed by atoms with van der Waals surface area (Å²) >= 11 is 1.81. The molecule has 0 aliphatic carbocycles. The van der Waals surface area contributed by atoms with Gasteiger partial charge in [0.05, 0.1) is 18.8 Å². The molecule has 0 saturated carbocycles. The lowest BCUT2D eigenvalue weighted by Crippen LogP contribution is -2.47. The van der Waals surface area contributed by atoms with E-state index in [2.05, 4.69) is 60.7 Å². The van der Waals surface area contributed by atoms with Crippen molar-refractivity contribution in [1.29, 1.82) is 0 Å². The maximum absolute atomic E-state index is 9.40. The minimum absolute atomic E-state index is 0.234. The van der Waals surface area contributed by atoms with Crippen molar-refractivity contribution in [1.82, 2.24) is 0 Å². The van der Waals surface area contributed by atoms with Crippen molar-refractivity contribution >= 4 is 11.8 Å². The highest BCUT2D eigenvalue weighted by molar-refractivity contribution is 7.98. The van der Waals surface area contributed by atoms with E-state index < -0.39 is 5.54 Å². The average Bonchev–Trinajstić information content (AvgIpc) is 2.80. The molecule has 0 aromatic heterocycles. The van der Waals surface area contributed by atoms with E-state index in [0.717, 1.165) is 29.2 Å². The standard InChI is InChI=1S/C25H27NO3S/c26-25(16-27,17-28)11-10-18-6-7-20-13-21-8-9-22(14-24(21)29-23(20)12-18)30-15-19-4-2-1-3-5-19/h1-9,12,14,27-28H,10-11,13,15-17,26H2. The van der Waals surface area contributed by atoms with Gasteiger partial charge in [-0.3, -0.25) is 0 Å². The first-order valence-electron chi connectivity index (χ1n) is 10.2. The van der Waals surface area contributed by atoms with Crippen LogP contribution < -0.4 is 10.5 Å². The first-order chi connectivity index (χ1) is 14.6. The Labute approximate surface area is 181 Å². The van der Waals surface area contributed by atoms with E-state index in [-0.39, 0.29) is 13.2 Å². The smallest absolute Gasteiger partial charge is 0.132 e. The van der Waals surface area contributed by atoms with Gasteiger partial charge in [0.15, 0.2) is 0 Å². The van der Waals surface area contributed by atoms with Crippen LogP contribution in [-0.2, 0) is 18.6 Å². The van der Waals surface area contributed by atoms with E-state index in [1.807, 2.05) is 6.07 Å². The highest BCUT2D eigenvalue weighted by Gasteiger charge is 2.23.